The van der Waals surface area contributed by atoms with Crippen molar-refractivity contribution in [3.63, 3.8) is 0 Å². The summed E-state index contributed by atoms with van der Waals surface area (Å²) in [6, 6.07) is 5.34. The molecule has 0 saturated heterocycles. The Hall–Kier alpha value is -3.55. The first-order valence-electron chi connectivity index (χ1n) is 8.73. The van der Waals surface area contributed by atoms with Crippen LogP contribution in [0.4, 0.5) is 11.8 Å². The van der Waals surface area contributed by atoms with E-state index in [1.54, 1.807) is 0 Å². The number of hydrogen-bond donors (Lipinski definition) is 4. The van der Waals surface area contributed by atoms with Gasteiger partial charge in [0.15, 0.2) is 17.0 Å². The number of carboxylic acids is 2. The molecule has 11 nitrogen and oxygen atoms in total. The average Bonchev–Trinajstić information content (AvgIpc) is 2.67. The second-order valence-electron chi connectivity index (χ2n) is 6.83. The van der Waals surface area contributed by atoms with E-state index in [0.717, 1.165) is 0 Å². The molecule has 0 radical (unpaired) electrons. The summed E-state index contributed by atoms with van der Waals surface area (Å²) in [5.41, 5.74) is 10.5. The van der Waals surface area contributed by atoms with Gasteiger partial charge in [0.1, 0.15) is 11.2 Å². The van der Waals surface area contributed by atoms with Gasteiger partial charge in [0.05, 0.1) is 17.5 Å². The number of aromatic nitrogens is 4. The third-order valence-electron chi connectivity index (χ3n) is 4.63. The van der Waals surface area contributed by atoms with Gasteiger partial charge in [-0.3, -0.25) is 9.59 Å². The van der Waals surface area contributed by atoms with E-state index in [2.05, 4.69) is 19.9 Å². The predicted molar refractivity (Wildman–Crippen MR) is 113 cm³/mol. The Morgan fingerprint density at radius 3 is 2.23 bits per heavy atom. The monoisotopic (exact) mass is 418 g/mol. The molecular formula is C19H19LiN6O5. The molecule has 0 aliphatic heterocycles. The number of hydrogen-bond acceptors (Lipinski definition) is 9. The summed E-state index contributed by atoms with van der Waals surface area (Å²) < 4.78 is 0. The van der Waals surface area contributed by atoms with Gasteiger partial charge in [-0.2, -0.15) is 9.97 Å². The van der Waals surface area contributed by atoms with Gasteiger partial charge in [0.25, 0.3) is 0 Å². The van der Waals surface area contributed by atoms with Crippen molar-refractivity contribution >= 4 is 59.5 Å². The van der Waals surface area contributed by atoms with Crippen LogP contribution in [0.5, 0.6) is 0 Å². The summed E-state index contributed by atoms with van der Waals surface area (Å²) in [6.07, 6.45) is 0.806. The number of benzene rings is 1. The second kappa shape index (κ2) is 9.07. The van der Waals surface area contributed by atoms with Crippen molar-refractivity contribution in [2.24, 2.45) is 0 Å². The van der Waals surface area contributed by atoms with Crippen LogP contribution >= 0.6 is 0 Å². The second-order valence-corrected chi connectivity index (χ2v) is 6.83. The summed E-state index contributed by atoms with van der Waals surface area (Å²) in [4.78, 5) is 51.7. The van der Waals surface area contributed by atoms with Gasteiger partial charge in [-0.05, 0) is 24.6 Å². The predicted octanol–water partition coefficient (Wildman–Crippen LogP) is 0.178. The van der Waals surface area contributed by atoms with Crippen molar-refractivity contribution in [3.05, 3.63) is 47.3 Å². The molecule has 156 valence electrons. The number of aliphatic carboxylic acids is 1. The fourth-order valence-corrected chi connectivity index (χ4v) is 3.28. The maximum atomic E-state index is 12.4. The molecule has 0 spiro atoms. The molecule has 1 aromatic carbocycles. The van der Waals surface area contributed by atoms with Crippen LogP contribution in [0, 0.1) is 0 Å². The van der Waals surface area contributed by atoms with E-state index in [0.29, 0.717) is 0 Å². The van der Waals surface area contributed by atoms with Crippen LogP contribution in [0.1, 0.15) is 35.0 Å². The molecule has 3 aromatic rings. The number of rotatable bonds is 7. The van der Waals surface area contributed by atoms with E-state index >= 15 is 0 Å². The zero-order valence-electron chi connectivity index (χ0n) is 15.9. The molecule has 3 rings (SSSR count). The third kappa shape index (κ3) is 4.79. The standard InChI is InChI=1S/C19H18N6O5.Li.H/c1-9(26)6-19(17(29)30,11-4-2-10(3-5-11)16(27)28)7-12-8-22-15-13(23-12)14(20)24-18(21)25-15;;/h2-5,8H,6-7H2,1H3,(H,27,28)(H,29,30)(H4,20,21,22,24,25);;. The number of carbonyl (C=O) groups is 3. The van der Waals surface area contributed by atoms with E-state index in [1.165, 1.54) is 37.4 Å². The van der Waals surface area contributed by atoms with Crippen LogP contribution in [0.3, 0.4) is 0 Å². The van der Waals surface area contributed by atoms with Crippen molar-refractivity contribution in [2.45, 2.75) is 25.2 Å². The van der Waals surface area contributed by atoms with E-state index in [-0.39, 0.29) is 77.2 Å². The molecule has 0 aliphatic rings. The minimum atomic E-state index is -1.69. The molecule has 1 unspecified atom stereocenters. The summed E-state index contributed by atoms with van der Waals surface area (Å²) in [7, 11) is 0. The SMILES string of the molecule is CC(=O)CC(Cc1cnc2nc(N)nc(N)c2n1)(C(=O)O)c1ccc(C(=O)O)cc1.[LiH]. The molecule has 0 saturated carbocycles. The minimum absolute atomic E-state index is 0. The molecule has 12 heteroatoms. The van der Waals surface area contributed by atoms with E-state index in [4.69, 9.17) is 16.6 Å². The van der Waals surface area contributed by atoms with Crippen LogP contribution in [0.2, 0.25) is 0 Å². The molecule has 0 aliphatic carbocycles. The fourth-order valence-electron chi connectivity index (χ4n) is 3.28. The Kier molecular flexibility index (Phi) is 6.94. The first-order chi connectivity index (χ1) is 14.1. The Morgan fingerprint density at radius 2 is 1.68 bits per heavy atom. The van der Waals surface area contributed by atoms with Gasteiger partial charge in [0.2, 0.25) is 5.95 Å². The van der Waals surface area contributed by atoms with E-state index in [1.807, 2.05) is 0 Å². The van der Waals surface area contributed by atoms with Crippen LogP contribution in [-0.2, 0) is 21.4 Å². The zero-order chi connectivity index (χ0) is 22.1. The van der Waals surface area contributed by atoms with Gasteiger partial charge >= 0.3 is 30.8 Å². The number of carboxylic acid groups (broad SMARTS) is 2. The van der Waals surface area contributed by atoms with Gasteiger partial charge < -0.3 is 21.7 Å². The average molecular weight is 418 g/mol. The fraction of sp³-hybridized carbons (Fsp3) is 0.211. The Bertz CT molecular complexity index is 1170. The topological polar surface area (TPSA) is 195 Å². The number of nitrogens with two attached hydrogens (primary N) is 2. The Balaban J connectivity index is 0.00000341. The van der Waals surface area contributed by atoms with Gasteiger partial charge in [-0.1, -0.05) is 12.1 Å². The number of fused-ring (bicyclic) bond motifs is 1. The molecular weight excluding hydrogens is 399 g/mol. The molecule has 2 heterocycles. The molecule has 0 fully saturated rings. The van der Waals surface area contributed by atoms with Gasteiger partial charge in [-0.15, -0.1) is 0 Å². The van der Waals surface area contributed by atoms with Crippen LogP contribution < -0.4 is 11.5 Å². The van der Waals surface area contributed by atoms with Crippen molar-refractivity contribution < 1.29 is 24.6 Å². The van der Waals surface area contributed by atoms with Gasteiger partial charge in [-0.25, -0.2) is 14.8 Å². The van der Waals surface area contributed by atoms with Crippen LogP contribution in [-0.4, -0.2) is 66.7 Å². The molecule has 6 N–H and O–H groups in total. The van der Waals surface area contributed by atoms with Crippen LogP contribution in [0.25, 0.3) is 11.2 Å². The Morgan fingerprint density at radius 1 is 1.03 bits per heavy atom. The summed E-state index contributed by atoms with van der Waals surface area (Å²) >= 11 is 0. The summed E-state index contributed by atoms with van der Waals surface area (Å²) in [5, 5.41) is 19.2. The van der Waals surface area contributed by atoms with E-state index < -0.39 is 17.4 Å². The van der Waals surface area contributed by atoms with Crippen molar-refractivity contribution in [1.29, 1.82) is 0 Å². The van der Waals surface area contributed by atoms with Crippen molar-refractivity contribution in [1.82, 2.24) is 19.9 Å². The number of anilines is 2. The van der Waals surface area contributed by atoms with Crippen molar-refractivity contribution in [3.8, 4) is 0 Å². The summed E-state index contributed by atoms with van der Waals surface area (Å²) in [5.74, 6) is -2.85. The Labute approximate surface area is 188 Å². The quantitative estimate of drug-likeness (QED) is 0.382. The van der Waals surface area contributed by atoms with Crippen LogP contribution in [0.15, 0.2) is 30.5 Å². The van der Waals surface area contributed by atoms with Crippen molar-refractivity contribution in [2.75, 3.05) is 11.5 Å². The normalized spacial score (nSPS) is 12.5. The zero-order valence-corrected chi connectivity index (χ0v) is 15.9. The molecule has 2 aromatic heterocycles. The molecule has 0 amide bonds. The first-order valence-corrected chi connectivity index (χ1v) is 8.73. The molecule has 31 heavy (non-hydrogen) atoms. The maximum absolute atomic E-state index is 12.4. The number of ketones is 1. The summed E-state index contributed by atoms with van der Waals surface area (Å²) in [6.45, 7) is 1.28. The first kappa shape index (κ1) is 23.7. The number of aromatic carboxylic acids is 1. The number of Topliss-reactive ketones (excluding diaryl/α,β-unsaturated/α-hetero) is 1. The molecule has 1 atom stereocenters. The number of nitrogen functional groups attached to an aromatic ring is 2. The molecule has 0 bridgehead atoms. The van der Waals surface area contributed by atoms with Gasteiger partial charge in [0, 0.05) is 12.8 Å². The van der Waals surface area contributed by atoms with E-state index in [9.17, 15) is 19.5 Å². The number of carbonyl (C=O) groups excluding carboxylic acids is 1. The third-order valence-corrected chi connectivity index (χ3v) is 4.63. The number of nitrogens with zero attached hydrogens (tertiary/aromatic N) is 4.